The highest BCUT2D eigenvalue weighted by Crippen LogP contribution is 2.13. The van der Waals surface area contributed by atoms with Gasteiger partial charge in [-0.3, -0.25) is 9.69 Å². The number of nitrogens with one attached hydrogen (secondary N) is 1. The molecule has 1 aromatic heterocycles. The molecule has 3 aromatic rings. The van der Waals surface area contributed by atoms with Crippen LogP contribution >= 0.6 is 0 Å². The molecular formula is C19H19N3O. The van der Waals surface area contributed by atoms with E-state index in [1.54, 1.807) is 6.07 Å². The van der Waals surface area contributed by atoms with Crippen LogP contribution in [0.4, 0.5) is 0 Å². The summed E-state index contributed by atoms with van der Waals surface area (Å²) in [5, 5.41) is 0. The summed E-state index contributed by atoms with van der Waals surface area (Å²) in [6.07, 6.45) is 0. The minimum atomic E-state index is -0.123. The van der Waals surface area contributed by atoms with Gasteiger partial charge in [0.05, 0.1) is 5.69 Å². The summed E-state index contributed by atoms with van der Waals surface area (Å²) in [6.45, 7) is 1.44. The second kappa shape index (κ2) is 7.03. The summed E-state index contributed by atoms with van der Waals surface area (Å²) in [4.78, 5) is 21.4. The summed E-state index contributed by atoms with van der Waals surface area (Å²) in [6, 6.07) is 21.5. The van der Waals surface area contributed by atoms with Crippen LogP contribution in [-0.2, 0) is 13.1 Å². The van der Waals surface area contributed by atoms with Gasteiger partial charge in [0.1, 0.15) is 5.82 Å². The van der Waals surface area contributed by atoms with Crippen molar-refractivity contribution in [2.24, 2.45) is 0 Å². The van der Waals surface area contributed by atoms with Crippen LogP contribution in [0.2, 0.25) is 0 Å². The second-order valence-electron chi connectivity index (χ2n) is 5.61. The lowest BCUT2D eigenvalue weighted by Gasteiger charge is -2.16. The molecule has 23 heavy (non-hydrogen) atoms. The summed E-state index contributed by atoms with van der Waals surface area (Å²) >= 11 is 0. The van der Waals surface area contributed by atoms with Gasteiger partial charge in [-0.15, -0.1) is 0 Å². The van der Waals surface area contributed by atoms with E-state index >= 15 is 0 Å². The fourth-order valence-corrected chi connectivity index (χ4v) is 2.55. The zero-order chi connectivity index (χ0) is 16.1. The van der Waals surface area contributed by atoms with Crippen molar-refractivity contribution in [1.29, 1.82) is 0 Å². The van der Waals surface area contributed by atoms with Gasteiger partial charge in [0.15, 0.2) is 0 Å². The average Bonchev–Trinajstić information content (AvgIpc) is 2.56. The molecule has 4 heteroatoms. The molecule has 4 nitrogen and oxygen atoms in total. The van der Waals surface area contributed by atoms with Crippen molar-refractivity contribution in [1.82, 2.24) is 14.9 Å². The number of hydrogen-bond acceptors (Lipinski definition) is 3. The van der Waals surface area contributed by atoms with Crippen LogP contribution in [-0.4, -0.2) is 21.9 Å². The lowest BCUT2D eigenvalue weighted by molar-refractivity contribution is 0.315. The normalized spacial score (nSPS) is 10.9. The Kier molecular flexibility index (Phi) is 4.64. The molecule has 0 aliphatic rings. The lowest BCUT2D eigenvalue weighted by Crippen LogP contribution is -2.20. The molecule has 0 saturated carbocycles. The Labute approximate surface area is 135 Å². The standard InChI is InChI=1S/C19H19N3O/c1-22(13-15-8-4-2-5-9-15)14-17-12-18(23)21-19(20-17)16-10-6-3-7-11-16/h2-12H,13-14H2,1H3,(H,20,21,23). The first-order valence-electron chi connectivity index (χ1n) is 7.59. The van der Waals surface area contributed by atoms with Crippen molar-refractivity contribution in [3.8, 4) is 11.4 Å². The van der Waals surface area contributed by atoms with E-state index in [0.29, 0.717) is 12.4 Å². The Morgan fingerprint density at radius 2 is 1.61 bits per heavy atom. The van der Waals surface area contributed by atoms with Gasteiger partial charge in [-0.1, -0.05) is 60.7 Å². The van der Waals surface area contributed by atoms with E-state index < -0.39 is 0 Å². The van der Waals surface area contributed by atoms with Gasteiger partial charge in [-0.2, -0.15) is 0 Å². The maximum Gasteiger partial charge on any atom is 0.251 e. The van der Waals surface area contributed by atoms with Crippen LogP contribution in [0.25, 0.3) is 11.4 Å². The highest BCUT2D eigenvalue weighted by atomic mass is 16.1. The number of H-pyrrole nitrogens is 1. The fraction of sp³-hybridized carbons (Fsp3) is 0.158. The number of benzene rings is 2. The summed E-state index contributed by atoms with van der Waals surface area (Å²) in [7, 11) is 2.03. The van der Waals surface area contributed by atoms with Crippen molar-refractivity contribution < 1.29 is 0 Å². The monoisotopic (exact) mass is 305 g/mol. The molecule has 0 aliphatic heterocycles. The maximum absolute atomic E-state index is 11.9. The van der Waals surface area contributed by atoms with Gasteiger partial charge in [-0.05, 0) is 12.6 Å². The average molecular weight is 305 g/mol. The van der Waals surface area contributed by atoms with Crippen LogP contribution in [0.15, 0.2) is 71.5 Å². The third kappa shape index (κ3) is 4.14. The first-order valence-corrected chi connectivity index (χ1v) is 7.59. The number of rotatable bonds is 5. The van der Waals surface area contributed by atoms with Crippen molar-refractivity contribution in [3.63, 3.8) is 0 Å². The second-order valence-corrected chi connectivity index (χ2v) is 5.61. The first kappa shape index (κ1) is 15.2. The van der Waals surface area contributed by atoms with E-state index in [2.05, 4.69) is 27.0 Å². The van der Waals surface area contributed by atoms with Crippen LogP contribution in [0, 0.1) is 0 Å². The largest absolute Gasteiger partial charge is 0.307 e. The Balaban J connectivity index is 1.78. The Morgan fingerprint density at radius 1 is 0.957 bits per heavy atom. The first-order chi connectivity index (χ1) is 11.2. The molecule has 0 spiro atoms. The van der Waals surface area contributed by atoms with Gasteiger partial charge in [-0.25, -0.2) is 4.98 Å². The molecule has 1 heterocycles. The summed E-state index contributed by atoms with van der Waals surface area (Å²) < 4.78 is 0. The third-order valence-electron chi connectivity index (χ3n) is 3.57. The van der Waals surface area contributed by atoms with E-state index in [0.717, 1.165) is 17.8 Å². The van der Waals surface area contributed by atoms with Crippen molar-refractivity contribution in [2.45, 2.75) is 13.1 Å². The minimum absolute atomic E-state index is 0.123. The Morgan fingerprint density at radius 3 is 2.30 bits per heavy atom. The van der Waals surface area contributed by atoms with E-state index in [-0.39, 0.29) is 5.56 Å². The maximum atomic E-state index is 11.9. The van der Waals surface area contributed by atoms with E-state index in [1.165, 1.54) is 5.56 Å². The molecule has 0 unspecified atom stereocenters. The molecule has 3 rings (SSSR count). The molecule has 1 N–H and O–H groups in total. The van der Waals surface area contributed by atoms with Gasteiger partial charge >= 0.3 is 0 Å². The number of aromatic nitrogens is 2. The quantitative estimate of drug-likeness (QED) is 0.788. The Hall–Kier alpha value is -2.72. The van der Waals surface area contributed by atoms with Crippen LogP contribution in [0.1, 0.15) is 11.3 Å². The van der Waals surface area contributed by atoms with E-state index in [9.17, 15) is 4.79 Å². The van der Waals surface area contributed by atoms with E-state index in [1.807, 2.05) is 55.6 Å². The third-order valence-corrected chi connectivity index (χ3v) is 3.57. The molecule has 0 bridgehead atoms. The molecule has 0 aliphatic carbocycles. The van der Waals surface area contributed by atoms with Gasteiger partial charge in [0.2, 0.25) is 0 Å². The Bertz CT molecular complexity index is 813. The molecule has 0 atom stereocenters. The summed E-state index contributed by atoms with van der Waals surface area (Å²) in [5.41, 5.74) is 2.80. The predicted molar refractivity (Wildman–Crippen MR) is 91.9 cm³/mol. The molecule has 116 valence electrons. The SMILES string of the molecule is CN(Cc1ccccc1)Cc1cc(=O)[nH]c(-c2ccccc2)n1. The van der Waals surface area contributed by atoms with Crippen LogP contribution in [0.3, 0.4) is 0 Å². The smallest absolute Gasteiger partial charge is 0.251 e. The highest BCUT2D eigenvalue weighted by molar-refractivity contribution is 5.54. The molecule has 0 amide bonds. The fourth-order valence-electron chi connectivity index (χ4n) is 2.55. The topological polar surface area (TPSA) is 49.0 Å². The number of hydrogen-bond donors (Lipinski definition) is 1. The highest BCUT2D eigenvalue weighted by Gasteiger charge is 2.07. The van der Waals surface area contributed by atoms with Crippen molar-refractivity contribution in [2.75, 3.05) is 7.05 Å². The van der Waals surface area contributed by atoms with Gasteiger partial charge < -0.3 is 4.98 Å². The van der Waals surface area contributed by atoms with Gasteiger partial charge in [0.25, 0.3) is 5.56 Å². The molecule has 0 radical (unpaired) electrons. The zero-order valence-corrected chi connectivity index (χ0v) is 13.1. The summed E-state index contributed by atoms with van der Waals surface area (Å²) in [5.74, 6) is 0.612. The molecular weight excluding hydrogens is 286 g/mol. The lowest BCUT2D eigenvalue weighted by atomic mass is 10.2. The molecule has 0 fully saturated rings. The van der Waals surface area contributed by atoms with Gasteiger partial charge in [0, 0.05) is 24.7 Å². The number of nitrogens with zero attached hydrogens (tertiary/aromatic N) is 2. The van der Waals surface area contributed by atoms with Crippen molar-refractivity contribution >= 4 is 0 Å². The van der Waals surface area contributed by atoms with Crippen molar-refractivity contribution in [3.05, 3.63) is 88.3 Å². The predicted octanol–water partition coefficient (Wildman–Crippen LogP) is 3.07. The molecule has 0 saturated heterocycles. The molecule has 2 aromatic carbocycles. The van der Waals surface area contributed by atoms with Crippen LogP contribution < -0.4 is 5.56 Å². The number of aromatic amines is 1. The zero-order valence-electron chi connectivity index (χ0n) is 13.1. The minimum Gasteiger partial charge on any atom is -0.307 e. The van der Waals surface area contributed by atoms with Crippen LogP contribution in [0.5, 0.6) is 0 Å². The van der Waals surface area contributed by atoms with E-state index in [4.69, 9.17) is 0 Å².